The number of amides is 2. The van der Waals surface area contributed by atoms with Crippen LogP contribution in [0.15, 0.2) is 40.9 Å². The molecule has 0 aliphatic rings. The lowest BCUT2D eigenvalue weighted by atomic mass is 10.1. The number of aromatic nitrogens is 2. The molecule has 0 saturated heterocycles. The van der Waals surface area contributed by atoms with E-state index < -0.39 is 0 Å². The van der Waals surface area contributed by atoms with Crippen LogP contribution >= 0.6 is 11.3 Å². The van der Waals surface area contributed by atoms with Gasteiger partial charge in [-0.3, -0.25) is 9.59 Å². The summed E-state index contributed by atoms with van der Waals surface area (Å²) in [5.41, 5.74) is 4.15. The normalized spacial score (nSPS) is 10.9. The van der Waals surface area contributed by atoms with Gasteiger partial charge in [-0.1, -0.05) is 11.2 Å². The molecule has 0 fully saturated rings. The molecule has 0 unspecified atom stereocenters. The average molecular weight is 420 g/mol. The summed E-state index contributed by atoms with van der Waals surface area (Å²) in [6.45, 7) is 7.27. The Hall–Kier alpha value is -3.52. The molecule has 1 aromatic carbocycles. The first-order valence-corrected chi connectivity index (χ1v) is 10.2. The summed E-state index contributed by atoms with van der Waals surface area (Å²) in [4.78, 5) is 31.4. The van der Waals surface area contributed by atoms with E-state index in [0.717, 1.165) is 10.4 Å². The number of fused-ring (bicyclic) bond motifs is 1. The van der Waals surface area contributed by atoms with Crippen LogP contribution in [0.2, 0.25) is 0 Å². The number of benzene rings is 1. The van der Waals surface area contributed by atoms with E-state index in [4.69, 9.17) is 4.52 Å². The van der Waals surface area contributed by atoms with Gasteiger partial charge in [0.1, 0.15) is 0 Å². The van der Waals surface area contributed by atoms with E-state index >= 15 is 0 Å². The summed E-state index contributed by atoms with van der Waals surface area (Å²) < 4.78 is 5.38. The standard InChI is InChI=1S/C22H20N4O3S/c1-11-8-17(13(3)30-11)19-10-18(20-12(2)26-29-22(20)25-19)21(28)24-16-7-5-6-15(9-16)23-14(4)27/h5-10H,1-4H3,(H,23,27)(H,24,28). The number of hydrogen-bond acceptors (Lipinski definition) is 6. The number of pyridine rings is 1. The van der Waals surface area contributed by atoms with E-state index in [0.29, 0.717) is 39.4 Å². The summed E-state index contributed by atoms with van der Waals surface area (Å²) in [5.74, 6) is -0.486. The average Bonchev–Trinajstić information content (AvgIpc) is 3.22. The van der Waals surface area contributed by atoms with Gasteiger partial charge in [0, 0.05) is 33.6 Å². The zero-order valence-corrected chi connectivity index (χ0v) is 17.8. The van der Waals surface area contributed by atoms with Crippen LogP contribution in [-0.4, -0.2) is 22.0 Å². The fourth-order valence-electron chi connectivity index (χ4n) is 3.37. The Labute approximate surface area is 177 Å². The number of hydrogen-bond donors (Lipinski definition) is 2. The van der Waals surface area contributed by atoms with Crippen molar-refractivity contribution in [2.24, 2.45) is 0 Å². The van der Waals surface area contributed by atoms with Gasteiger partial charge in [-0.05, 0) is 51.1 Å². The van der Waals surface area contributed by atoms with Gasteiger partial charge in [0.25, 0.3) is 11.6 Å². The highest BCUT2D eigenvalue weighted by Crippen LogP contribution is 2.33. The minimum absolute atomic E-state index is 0.180. The Morgan fingerprint density at radius 3 is 2.43 bits per heavy atom. The maximum atomic E-state index is 13.2. The highest BCUT2D eigenvalue weighted by Gasteiger charge is 2.21. The maximum Gasteiger partial charge on any atom is 0.259 e. The molecular formula is C22H20N4O3S. The molecule has 4 aromatic rings. The molecule has 0 saturated carbocycles. The number of carbonyl (C=O) groups excluding carboxylic acids is 2. The van der Waals surface area contributed by atoms with Gasteiger partial charge in [0.2, 0.25) is 5.91 Å². The topological polar surface area (TPSA) is 97.1 Å². The van der Waals surface area contributed by atoms with E-state index in [1.807, 2.05) is 13.8 Å². The molecule has 4 rings (SSSR count). The summed E-state index contributed by atoms with van der Waals surface area (Å²) in [5, 5.41) is 10.2. The van der Waals surface area contributed by atoms with Gasteiger partial charge in [-0.25, -0.2) is 4.98 Å². The van der Waals surface area contributed by atoms with Crippen molar-refractivity contribution >= 4 is 45.6 Å². The predicted molar refractivity (Wildman–Crippen MR) is 118 cm³/mol. The van der Waals surface area contributed by atoms with Crippen molar-refractivity contribution in [3.05, 3.63) is 57.4 Å². The number of thiophene rings is 1. The Morgan fingerprint density at radius 1 is 1.03 bits per heavy atom. The molecule has 8 heteroatoms. The highest BCUT2D eigenvalue weighted by molar-refractivity contribution is 7.12. The zero-order valence-electron chi connectivity index (χ0n) is 17.0. The third-order valence-corrected chi connectivity index (χ3v) is 5.59. The SMILES string of the molecule is CC(=O)Nc1cccc(NC(=O)c2cc(-c3cc(C)sc3C)nc3onc(C)c23)c1. The van der Waals surface area contributed by atoms with Gasteiger partial charge >= 0.3 is 0 Å². The first-order valence-electron chi connectivity index (χ1n) is 9.35. The molecule has 2 amide bonds. The van der Waals surface area contributed by atoms with Crippen molar-refractivity contribution < 1.29 is 14.1 Å². The second-order valence-corrected chi connectivity index (χ2v) is 8.51. The number of nitrogens with one attached hydrogen (secondary N) is 2. The summed E-state index contributed by atoms with van der Waals surface area (Å²) in [7, 11) is 0. The van der Waals surface area contributed by atoms with Crippen LogP contribution < -0.4 is 10.6 Å². The third-order valence-electron chi connectivity index (χ3n) is 4.62. The lowest BCUT2D eigenvalue weighted by molar-refractivity contribution is -0.114. The third kappa shape index (κ3) is 3.81. The molecule has 0 radical (unpaired) electrons. The number of anilines is 2. The van der Waals surface area contributed by atoms with Crippen LogP contribution in [0.25, 0.3) is 22.4 Å². The van der Waals surface area contributed by atoms with Gasteiger partial charge in [-0.15, -0.1) is 11.3 Å². The summed E-state index contributed by atoms with van der Waals surface area (Å²) >= 11 is 1.68. The zero-order chi connectivity index (χ0) is 21.4. The second-order valence-electron chi connectivity index (χ2n) is 7.05. The van der Waals surface area contributed by atoms with Crippen LogP contribution in [0.5, 0.6) is 0 Å². The van der Waals surface area contributed by atoms with Crippen LogP contribution in [0.4, 0.5) is 11.4 Å². The van der Waals surface area contributed by atoms with E-state index in [9.17, 15) is 9.59 Å². The van der Waals surface area contributed by atoms with E-state index in [1.165, 1.54) is 11.8 Å². The van der Waals surface area contributed by atoms with Crippen molar-refractivity contribution in [1.29, 1.82) is 0 Å². The van der Waals surface area contributed by atoms with E-state index in [-0.39, 0.29) is 11.8 Å². The first-order chi connectivity index (χ1) is 14.3. The molecule has 0 spiro atoms. The minimum Gasteiger partial charge on any atom is -0.335 e. The molecule has 152 valence electrons. The Morgan fingerprint density at radius 2 is 1.77 bits per heavy atom. The summed E-state index contributed by atoms with van der Waals surface area (Å²) in [6.07, 6.45) is 0. The van der Waals surface area contributed by atoms with Crippen LogP contribution in [0, 0.1) is 20.8 Å². The lowest BCUT2D eigenvalue weighted by Gasteiger charge is -2.10. The molecule has 0 aliphatic heterocycles. The first kappa shape index (κ1) is 19.8. The predicted octanol–water partition coefficient (Wildman–Crippen LogP) is 5.09. The van der Waals surface area contributed by atoms with Crippen molar-refractivity contribution in [3.63, 3.8) is 0 Å². The van der Waals surface area contributed by atoms with Crippen molar-refractivity contribution in [2.45, 2.75) is 27.7 Å². The fraction of sp³-hybridized carbons (Fsp3) is 0.182. The Balaban J connectivity index is 1.76. The molecule has 30 heavy (non-hydrogen) atoms. The number of rotatable bonds is 4. The van der Waals surface area contributed by atoms with Gasteiger partial charge in [0.05, 0.1) is 22.3 Å². The van der Waals surface area contributed by atoms with Crippen molar-refractivity contribution in [1.82, 2.24) is 10.1 Å². The van der Waals surface area contributed by atoms with Crippen LogP contribution in [-0.2, 0) is 4.79 Å². The fourth-order valence-corrected chi connectivity index (χ4v) is 4.31. The molecule has 7 nitrogen and oxygen atoms in total. The Kier molecular flexibility index (Phi) is 5.09. The summed E-state index contributed by atoms with van der Waals surface area (Å²) in [6, 6.07) is 10.8. The van der Waals surface area contributed by atoms with E-state index in [1.54, 1.807) is 48.6 Å². The van der Waals surface area contributed by atoms with Crippen LogP contribution in [0.3, 0.4) is 0 Å². The molecular weight excluding hydrogens is 400 g/mol. The monoisotopic (exact) mass is 420 g/mol. The molecule has 0 atom stereocenters. The lowest BCUT2D eigenvalue weighted by Crippen LogP contribution is -2.13. The molecule has 0 bridgehead atoms. The van der Waals surface area contributed by atoms with Crippen molar-refractivity contribution in [2.75, 3.05) is 10.6 Å². The molecule has 2 N–H and O–H groups in total. The number of nitrogens with zero attached hydrogens (tertiary/aromatic N) is 2. The smallest absolute Gasteiger partial charge is 0.259 e. The largest absolute Gasteiger partial charge is 0.335 e. The van der Waals surface area contributed by atoms with E-state index in [2.05, 4.69) is 26.8 Å². The Bertz CT molecular complexity index is 1290. The van der Waals surface area contributed by atoms with Crippen LogP contribution in [0.1, 0.15) is 32.7 Å². The number of aryl methyl sites for hydroxylation is 3. The quantitative estimate of drug-likeness (QED) is 0.479. The van der Waals surface area contributed by atoms with Crippen molar-refractivity contribution in [3.8, 4) is 11.3 Å². The van der Waals surface area contributed by atoms with Gasteiger partial charge in [-0.2, -0.15) is 0 Å². The highest BCUT2D eigenvalue weighted by atomic mass is 32.1. The second kappa shape index (κ2) is 7.72. The molecule has 3 heterocycles. The van der Waals surface area contributed by atoms with Gasteiger partial charge < -0.3 is 15.2 Å². The molecule has 3 aromatic heterocycles. The maximum absolute atomic E-state index is 13.2. The molecule has 0 aliphatic carbocycles. The minimum atomic E-state index is -0.306. The van der Waals surface area contributed by atoms with Gasteiger partial charge in [0.15, 0.2) is 0 Å². The number of carbonyl (C=O) groups is 2.